The predicted molar refractivity (Wildman–Crippen MR) is 29.4 cm³/mol. The molecule has 5 N–H and O–H groups in total. The van der Waals surface area contributed by atoms with Gasteiger partial charge in [-0.05, 0) is 0 Å². The van der Waals surface area contributed by atoms with Gasteiger partial charge in [-0.3, -0.25) is 0 Å². The zero-order valence-corrected chi connectivity index (χ0v) is 4.70. The number of nitrogens with one attached hydrogen (secondary N) is 1. The third kappa shape index (κ3) is 6.03. The SMILES string of the molecule is NCCNS(N)=O. The monoisotopic (exact) mass is 123 g/mol. The van der Waals surface area contributed by atoms with Crippen molar-refractivity contribution in [1.29, 1.82) is 0 Å². The lowest BCUT2D eigenvalue weighted by molar-refractivity contribution is 0.673. The summed E-state index contributed by atoms with van der Waals surface area (Å²) in [6.07, 6.45) is 0. The van der Waals surface area contributed by atoms with Gasteiger partial charge in [0.25, 0.3) is 0 Å². The maximum absolute atomic E-state index is 9.92. The molecule has 0 amide bonds. The highest BCUT2D eigenvalue weighted by atomic mass is 32.2. The van der Waals surface area contributed by atoms with Crippen molar-refractivity contribution < 1.29 is 4.21 Å². The fourth-order valence-electron chi connectivity index (χ4n) is 0.160. The van der Waals surface area contributed by atoms with Crippen molar-refractivity contribution >= 4 is 11.2 Å². The van der Waals surface area contributed by atoms with Crippen molar-refractivity contribution in [2.45, 2.75) is 0 Å². The van der Waals surface area contributed by atoms with Crippen LogP contribution in [0.1, 0.15) is 0 Å². The molecule has 0 rings (SSSR count). The van der Waals surface area contributed by atoms with Gasteiger partial charge in [0.1, 0.15) is 0 Å². The first-order valence-corrected chi connectivity index (χ1v) is 3.08. The Labute approximate surface area is 45.0 Å². The molecule has 0 heterocycles. The molecule has 0 spiro atoms. The molecule has 0 aliphatic rings. The Bertz CT molecular complexity index is 66.0. The topological polar surface area (TPSA) is 81.1 Å². The van der Waals surface area contributed by atoms with Crippen LogP contribution in [0, 0.1) is 0 Å². The molecule has 0 radical (unpaired) electrons. The van der Waals surface area contributed by atoms with Gasteiger partial charge in [0.2, 0.25) is 0 Å². The van der Waals surface area contributed by atoms with Gasteiger partial charge in [0, 0.05) is 13.1 Å². The van der Waals surface area contributed by atoms with Gasteiger partial charge < -0.3 is 5.73 Å². The Morgan fingerprint density at radius 2 is 2.29 bits per heavy atom. The Balaban J connectivity index is 2.82. The molecule has 0 aromatic carbocycles. The predicted octanol–water partition coefficient (Wildman–Crippen LogP) is -1.93. The minimum absolute atomic E-state index is 0.461. The number of hydrogen-bond acceptors (Lipinski definition) is 2. The highest BCUT2D eigenvalue weighted by molar-refractivity contribution is 7.80. The summed E-state index contributed by atoms with van der Waals surface area (Å²) >= 11 is -1.40. The van der Waals surface area contributed by atoms with Crippen molar-refractivity contribution in [2.75, 3.05) is 13.1 Å². The van der Waals surface area contributed by atoms with E-state index in [1.54, 1.807) is 0 Å². The van der Waals surface area contributed by atoms with Crippen LogP contribution >= 0.6 is 0 Å². The molecule has 4 nitrogen and oxygen atoms in total. The first-order valence-electron chi connectivity index (χ1n) is 1.87. The average molecular weight is 123 g/mol. The van der Waals surface area contributed by atoms with E-state index in [2.05, 4.69) is 4.72 Å². The summed E-state index contributed by atoms with van der Waals surface area (Å²) in [4.78, 5) is 0. The van der Waals surface area contributed by atoms with Crippen LogP contribution < -0.4 is 15.6 Å². The van der Waals surface area contributed by atoms with E-state index in [4.69, 9.17) is 10.9 Å². The summed E-state index contributed by atoms with van der Waals surface area (Å²) < 4.78 is 12.3. The van der Waals surface area contributed by atoms with Crippen LogP contribution in [0.25, 0.3) is 0 Å². The molecular formula is C2H9N3OS. The third-order valence-corrected chi connectivity index (χ3v) is 0.877. The Kier molecular flexibility index (Phi) is 4.21. The zero-order valence-electron chi connectivity index (χ0n) is 3.89. The second kappa shape index (κ2) is 4.20. The van der Waals surface area contributed by atoms with Crippen LogP contribution in [0.2, 0.25) is 0 Å². The first-order chi connectivity index (χ1) is 3.27. The highest BCUT2D eigenvalue weighted by Crippen LogP contribution is 1.52. The van der Waals surface area contributed by atoms with Gasteiger partial charge >= 0.3 is 0 Å². The Morgan fingerprint density at radius 3 is 2.43 bits per heavy atom. The lowest BCUT2D eigenvalue weighted by Crippen LogP contribution is -2.28. The largest absolute Gasteiger partial charge is 0.329 e. The minimum Gasteiger partial charge on any atom is -0.329 e. The third-order valence-electron chi connectivity index (χ3n) is 0.389. The van der Waals surface area contributed by atoms with Crippen LogP contribution in [-0.4, -0.2) is 17.3 Å². The van der Waals surface area contributed by atoms with Crippen molar-refractivity contribution in [3.63, 3.8) is 0 Å². The van der Waals surface area contributed by atoms with E-state index in [1.807, 2.05) is 0 Å². The van der Waals surface area contributed by atoms with Gasteiger partial charge in [-0.2, -0.15) is 0 Å². The lowest BCUT2D eigenvalue weighted by Gasteiger charge is -1.92. The van der Waals surface area contributed by atoms with Crippen molar-refractivity contribution in [2.24, 2.45) is 10.9 Å². The summed E-state index contributed by atoms with van der Waals surface area (Å²) in [7, 11) is 0. The summed E-state index contributed by atoms with van der Waals surface area (Å²) in [6.45, 7) is 0.964. The molecule has 0 aromatic heterocycles. The molecule has 0 bridgehead atoms. The fraction of sp³-hybridized carbons (Fsp3) is 1.00. The van der Waals surface area contributed by atoms with Crippen LogP contribution in [0.4, 0.5) is 0 Å². The van der Waals surface area contributed by atoms with E-state index in [0.29, 0.717) is 13.1 Å². The highest BCUT2D eigenvalue weighted by Gasteiger charge is 1.82. The second-order valence-electron chi connectivity index (χ2n) is 0.980. The normalized spacial score (nSPS) is 14.0. The van der Waals surface area contributed by atoms with Gasteiger partial charge in [0.05, 0.1) is 0 Å². The molecule has 1 unspecified atom stereocenters. The van der Waals surface area contributed by atoms with Gasteiger partial charge in [0.15, 0.2) is 11.2 Å². The lowest BCUT2D eigenvalue weighted by atomic mass is 10.7. The number of nitrogens with two attached hydrogens (primary N) is 2. The Hall–Kier alpha value is 0.0300. The maximum Gasteiger partial charge on any atom is 0.164 e. The van der Waals surface area contributed by atoms with Crippen LogP contribution in [0.5, 0.6) is 0 Å². The molecule has 0 fully saturated rings. The van der Waals surface area contributed by atoms with Gasteiger partial charge in [-0.15, -0.1) is 0 Å². The molecule has 5 heteroatoms. The zero-order chi connectivity index (χ0) is 5.70. The molecule has 1 atom stereocenters. The minimum atomic E-state index is -1.40. The van der Waals surface area contributed by atoms with Crippen molar-refractivity contribution in [3.05, 3.63) is 0 Å². The molecule has 0 saturated carbocycles. The number of rotatable bonds is 3. The van der Waals surface area contributed by atoms with Gasteiger partial charge in [-0.1, -0.05) is 0 Å². The summed E-state index contributed by atoms with van der Waals surface area (Å²) in [6, 6.07) is 0. The molecular weight excluding hydrogens is 114 g/mol. The van der Waals surface area contributed by atoms with E-state index >= 15 is 0 Å². The van der Waals surface area contributed by atoms with E-state index in [1.165, 1.54) is 0 Å². The molecule has 0 aliphatic heterocycles. The standard InChI is InChI=1S/C2H9N3OS/c3-1-2-5-7(4)6/h5H,1-4H2. The molecule has 0 saturated heterocycles. The molecule has 0 aromatic rings. The van der Waals surface area contributed by atoms with E-state index < -0.39 is 11.2 Å². The second-order valence-corrected chi connectivity index (χ2v) is 1.86. The maximum atomic E-state index is 9.92. The number of hydrogen-bond donors (Lipinski definition) is 3. The van der Waals surface area contributed by atoms with Crippen LogP contribution in [-0.2, 0) is 11.2 Å². The summed E-state index contributed by atoms with van der Waals surface area (Å²) in [5.41, 5.74) is 5.02. The first kappa shape index (κ1) is 7.03. The summed E-state index contributed by atoms with van der Waals surface area (Å²) in [5, 5.41) is 4.78. The van der Waals surface area contributed by atoms with Crippen LogP contribution in [0.3, 0.4) is 0 Å². The molecule has 44 valence electrons. The molecule has 7 heavy (non-hydrogen) atoms. The quantitative estimate of drug-likeness (QED) is 0.408. The van der Waals surface area contributed by atoms with Crippen molar-refractivity contribution in [3.8, 4) is 0 Å². The average Bonchev–Trinajstić information content (AvgIpc) is 1.61. The fourth-order valence-corrected chi connectivity index (χ4v) is 0.479. The van der Waals surface area contributed by atoms with E-state index in [0.717, 1.165) is 0 Å². The molecule has 0 aliphatic carbocycles. The van der Waals surface area contributed by atoms with Crippen LogP contribution in [0.15, 0.2) is 0 Å². The van der Waals surface area contributed by atoms with E-state index in [9.17, 15) is 4.21 Å². The van der Waals surface area contributed by atoms with E-state index in [-0.39, 0.29) is 0 Å². The van der Waals surface area contributed by atoms with Gasteiger partial charge in [-0.25, -0.2) is 14.1 Å². The smallest absolute Gasteiger partial charge is 0.164 e. The van der Waals surface area contributed by atoms with Crippen molar-refractivity contribution in [1.82, 2.24) is 4.72 Å². The Morgan fingerprint density at radius 1 is 1.71 bits per heavy atom. The summed E-state index contributed by atoms with van der Waals surface area (Å²) in [5.74, 6) is 0.